The van der Waals surface area contributed by atoms with Gasteiger partial charge in [0.25, 0.3) is 0 Å². The summed E-state index contributed by atoms with van der Waals surface area (Å²) in [4.78, 5) is 13.1. The van der Waals surface area contributed by atoms with Gasteiger partial charge in [-0.3, -0.25) is 9.48 Å². The van der Waals surface area contributed by atoms with E-state index >= 15 is 0 Å². The number of hydrogen-bond donors (Lipinski definition) is 0. The molecule has 0 N–H and O–H groups in total. The molecule has 1 aromatic rings. The molecule has 0 radical (unpaired) electrons. The van der Waals surface area contributed by atoms with Crippen molar-refractivity contribution in [2.45, 2.75) is 13.8 Å². The number of aryl methyl sites for hydroxylation is 2. The second-order valence-corrected chi connectivity index (χ2v) is 3.61. The van der Waals surface area contributed by atoms with Crippen molar-refractivity contribution in [3.05, 3.63) is 11.3 Å². The van der Waals surface area contributed by atoms with E-state index in [1.165, 1.54) is 7.11 Å². The first kappa shape index (κ1) is 13.0. The Morgan fingerprint density at radius 2 is 2.29 bits per heavy atom. The van der Waals surface area contributed by atoms with Gasteiger partial charge in [0.2, 0.25) is 0 Å². The monoisotopic (exact) mass is 236 g/mol. The number of anilines is 1. The van der Waals surface area contributed by atoms with Gasteiger partial charge in [0.05, 0.1) is 12.8 Å². The number of nitrogens with zero attached hydrogens (tertiary/aromatic N) is 4. The molecule has 0 aromatic carbocycles. The Bertz CT molecular complexity index is 459. The van der Waals surface area contributed by atoms with E-state index in [-0.39, 0.29) is 12.5 Å². The topological polar surface area (TPSA) is 71.2 Å². The van der Waals surface area contributed by atoms with E-state index in [0.717, 1.165) is 0 Å². The number of methoxy groups -OCH3 is 1. The highest BCUT2D eigenvalue weighted by Crippen LogP contribution is 2.21. The molecule has 0 amide bonds. The van der Waals surface area contributed by atoms with Gasteiger partial charge in [-0.25, -0.2) is 0 Å². The van der Waals surface area contributed by atoms with Crippen LogP contribution in [0.2, 0.25) is 0 Å². The van der Waals surface area contributed by atoms with Crippen molar-refractivity contribution in [1.82, 2.24) is 9.78 Å². The molecule has 0 spiro atoms. The third-order valence-corrected chi connectivity index (χ3v) is 2.53. The van der Waals surface area contributed by atoms with Gasteiger partial charge in [-0.2, -0.15) is 10.4 Å². The molecule has 92 valence electrons. The highest BCUT2D eigenvalue weighted by molar-refractivity contribution is 5.76. The molecule has 1 aromatic heterocycles. The van der Waals surface area contributed by atoms with E-state index in [0.29, 0.717) is 23.6 Å². The van der Waals surface area contributed by atoms with Crippen molar-refractivity contribution in [3.63, 3.8) is 0 Å². The first-order valence-electron chi connectivity index (χ1n) is 5.30. The van der Waals surface area contributed by atoms with Gasteiger partial charge in [-0.1, -0.05) is 0 Å². The SMILES string of the molecule is CCN(CC(=O)OC)c1c(C#N)c(C)nn1C. The molecule has 17 heavy (non-hydrogen) atoms. The second kappa shape index (κ2) is 5.34. The number of nitriles is 1. The van der Waals surface area contributed by atoms with E-state index in [9.17, 15) is 4.79 Å². The quantitative estimate of drug-likeness (QED) is 0.716. The van der Waals surface area contributed by atoms with Crippen LogP contribution in [-0.4, -0.2) is 35.9 Å². The molecule has 1 heterocycles. The molecule has 0 bridgehead atoms. The standard InChI is InChI=1S/C11H16N4O2/c1-5-15(7-10(16)17-4)11-9(6-12)8(2)13-14(11)3/h5,7H2,1-4H3. The Labute approximate surface area is 100 Å². The van der Waals surface area contributed by atoms with Crippen molar-refractivity contribution in [2.24, 2.45) is 7.05 Å². The Balaban J connectivity index is 3.12. The molecule has 0 unspecified atom stereocenters. The van der Waals surface area contributed by atoms with Crippen LogP contribution < -0.4 is 4.90 Å². The molecule has 1 rings (SSSR count). The predicted octanol–water partition coefficient (Wildman–Crippen LogP) is 0.599. The number of ether oxygens (including phenoxy) is 1. The summed E-state index contributed by atoms with van der Waals surface area (Å²) < 4.78 is 6.24. The summed E-state index contributed by atoms with van der Waals surface area (Å²) >= 11 is 0. The number of carbonyl (C=O) groups is 1. The summed E-state index contributed by atoms with van der Waals surface area (Å²) in [6.45, 7) is 4.39. The van der Waals surface area contributed by atoms with Crippen molar-refractivity contribution >= 4 is 11.8 Å². The van der Waals surface area contributed by atoms with Crippen LogP contribution in [0.25, 0.3) is 0 Å². The number of carbonyl (C=O) groups excluding carboxylic acids is 1. The van der Waals surface area contributed by atoms with Crippen LogP contribution in [0, 0.1) is 18.3 Å². The van der Waals surface area contributed by atoms with Crippen LogP contribution in [-0.2, 0) is 16.6 Å². The van der Waals surface area contributed by atoms with E-state index in [1.807, 2.05) is 6.92 Å². The largest absolute Gasteiger partial charge is 0.468 e. The van der Waals surface area contributed by atoms with Gasteiger partial charge >= 0.3 is 5.97 Å². The van der Waals surface area contributed by atoms with Gasteiger partial charge in [0, 0.05) is 13.6 Å². The van der Waals surface area contributed by atoms with Gasteiger partial charge in [-0.05, 0) is 13.8 Å². The molecular weight excluding hydrogens is 220 g/mol. The molecule has 0 aliphatic rings. The van der Waals surface area contributed by atoms with E-state index in [2.05, 4.69) is 15.9 Å². The molecule has 0 fully saturated rings. The Hall–Kier alpha value is -2.03. The normalized spacial score (nSPS) is 9.82. The van der Waals surface area contributed by atoms with Crippen molar-refractivity contribution in [2.75, 3.05) is 25.1 Å². The highest BCUT2D eigenvalue weighted by atomic mass is 16.5. The molecule has 0 saturated carbocycles. The summed E-state index contributed by atoms with van der Waals surface area (Å²) in [6.07, 6.45) is 0. The number of aromatic nitrogens is 2. The summed E-state index contributed by atoms with van der Waals surface area (Å²) in [5, 5.41) is 13.3. The summed E-state index contributed by atoms with van der Waals surface area (Å²) in [7, 11) is 3.10. The lowest BCUT2D eigenvalue weighted by molar-refractivity contribution is -0.138. The Morgan fingerprint density at radius 3 is 2.76 bits per heavy atom. The number of hydrogen-bond acceptors (Lipinski definition) is 5. The van der Waals surface area contributed by atoms with Gasteiger partial charge in [-0.15, -0.1) is 0 Å². The van der Waals surface area contributed by atoms with Crippen LogP contribution in [0.15, 0.2) is 0 Å². The van der Waals surface area contributed by atoms with E-state index in [1.54, 1.807) is 23.6 Å². The first-order chi connectivity index (χ1) is 8.04. The number of esters is 1. The fraction of sp³-hybridized carbons (Fsp3) is 0.545. The Kier molecular flexibility index (Phi) is 4.10. The van der Waals surface area contributed by atoms with Crippen LogP contribution >= 0.6 is 0 Å². The maximum atomic E-state index is 11.3. The van der Waals surface area contributed by atoms with Crippen LogP contribution in [0.5, 0.6) is 0 Å². The first-order valence-corrected chi connectivity index (χ1v) is 5.30. The van der Waals surface area contributed by atoms with Crippen LogP contribution in [0.4, 0.5) is 5.82 Å². The lowest BCUT2D eigenvalue weighted by Crippen LogP contribution is -2.32. The zero-order valence-electron chi connectivity index (χ0n) is 10.5. The van der Waals surface area contributed by atoms with E-state index < -0.39 is 0 Å². The van der Waals surface area contributed by atoms with Crippen molar-refractivity contribution in [1.29, 1.82) is 5.26 Å². The smallest absolute Gasteiger partial charge is 0.325 e. The van der Waals surface area contributed by atoms with Crippen molar-refractivity contribution in [3.8, 4) is 6.07 Å². The zero-order valence-corrected chi connectivity index (χ0v) is 10.5. The molecule has 6 heteroatoms. The lowest BCUT2D eigenvalue weighted by atomic mass is 10.2. The zero-order chi connectivity index (χ0) is 13.0. The van der Waals surface area contributed by atoms with E-state index in [4.69, 9.17) is 5.26 Å². The second-order valence-electron chi connectivity index (χ2n) is 3.61. The van der Waals surface area contributed by atoms with Crippen LogP contribution in [0.3, 0.4) is 0 Å². The minimum Gasteiger partial charge on any atom is -0.468 e. The Morgan fingerprint density at radius 1 is 1.65 bits per heavy atom. The minimum atomic E-state index is -0.338. The van der Waals surface area contributed by atoms with Gasteiger partial charge < -0.3 is 9.64 Å². The number of rotatable bonds is 4. The fourth-order valence-corrected chi connectivity index (χ4v) is 1.70. The molecular formula is C11H16N4O2. The maximum absolute atomic E-state index is 11.3. The third kappa shape index (κ3) is 2.56. The van der Waals surface area contributed by atoms with Gasteiger partial charge in [0.15, 0.2) is 0 Å². The summed E-state index contributed by atoms with van der Waals surface area (Å²) in [6, 6.07) is 2.11. The predicted molar refractivity (Wildman–Crippen MR) is 62.6 cm³/mol. The lowest BCUT2D eigenvalue weighted by Gasteiger charge is -2.21. The molecule has 0 saturated heterocycles. The minimum absolute atomic E-state index is 0.112. The van der Waals surface area contributed by atoms with Crippen molar-refractivity contribution < 1.29 is 9.53 Å². The molecule has 0 aliphatic carbocycles. The summed E-state index contributed by atoms with van der Waals surface area (Å²) in [5.41, 5.74) is 1.16. The molecule has 0 aliphatic heterocycles. The average molecular weight is 236 g/mol. The van der Waals surface area contributed by atoms with Gasteiger partial charge in [0.1, 0.15) is 24.0 Å². The average Bonchev–Trinajstić information content (AvgIpc) is 2.60. The fourth-order valence-electron chi connectivity index (χ4n) is 1.70. The summed E-state index contributed by atoms with van der Waals surface area (Å²) in [5.74, 6) is 0.312. The molecule has 6 nitrogen and oxygen atoms in total. The third-order valence-electron chi connectivity index (χ3n) is 2.53. The van der Waals surface area contributed by atoms with Crippen LogP contribution in [0.1, 0.15) is 18.2 Å². The maximum Gasteiger partial charge on any atom is 0.325 e. The number of likely N-dealkylation sites (N-methyl/N-ethyl adjacent to an activating group) is 1. The molecule has 0 atom stereocenters. The highest BCUT2D eigenvalue weighted by Gasteiger charge is 2.20.